The van der Waals surface area contributed by atoms with Gasteiger partial charge in [-0.25, -0.2) is 24.5 Å². The maximum Gasteiger partial charge on any atom is 0.346 e. The van der Waals surface area contributed by atoms with Gasteiger partial charge in [-0.05, 0) is 130 Å². The van der Waals surface area contributed by atoms with Crippen LogP contribution < -0.4 is 31.3 Å². The number of ketones is 1. The van der Waals surface area contributed by atoms with Gasteiger partial charge in [0, 0.05) is 98.4 Å². The smallest absolute Gasteiger partial charge is 0.346 e. The summed E-state index contributed by atoms with van der Waals surface area (Å²) in [7, 11) is 0. The molecule has 6 aromatic carbocycles. The van der Waals surface area contributed by atoms with Gasteiger partial charge in [0.1, 0.15) is 37.7 Å². The maximum absolute atomic E-state index is 12.6. The van der Waals surface area contributed by atoms with E-state index in [9.17, 15) is 24.3 Å². The quantitative estimate of drug-likeness (QED) is 0.109. The number of carbonyl (C=O) groups excluding carboxylic acids is 2. The first-order valence-corrected chi connectivity index (χ1v) is 29.5. The molecular weight excluding hydrogens is 1130 g/mol. The number of aldehydes is 1. The molecule has 2 N–H and O–H groups in total. The number of phenols is 1. The van der Waals surface area contributed by atoms with Crippen LogP contribution in [-0.4, -0.2) is 84.5 Å². The fraction of sp³-hybridized carbons (Fsp3) is 0.254. The highest BCUT2D eigenvalue weighted by Gasteiger charge is 2.18. The molecule has 19 heteroatoms. The Morgan fingerprint density at radius 3 is 1.41 bits per heavy atom. The van der Waals surface area contributed by atoms with Gasteiger partial charge in [-0.2, -0.15) is 0 Å². The van der Waals surface area contributed by atoms with Crippen molar-refractivity contribution in [1.29, 1.82) is 0 Å². The van der Waals surface area contributed by atoms with Gasteiger partial charge in [-0.1, -0.05) is 36.4 Å². The molecule has 3 saturated heterocycles. The number of halogens is 2. The van der Waals surface area contributed by atoms with Crippen molar-refractivity contribution in [3.63, 3.8) is 0 Å². The lowest BCUT2D eigenvalue weighted by Gasteiger charge is -2.29. The Balaban J connectivity index is 0.000000136. The Morgan fingerprint density at radius 1 is 0.549 bits per heavy atom. The molecule has 8 heterocycles. The number of fused-ring (bicyclic) bond motifs is 5. The minimum Gasteiger partial charge on any atom is -0.507 e. The van der Waals surface area contributed by atoms with Crippen LogP contribution in [0.15, 0.2) is 158 Å². The molecule has 14 nitrogen and oxygen atoms in total. The number of thiazole rings is 3. The van der Waals surface area contributed by atoms with E-state index in [0.717, 1.165) is 116 Å². The third-order valence-corrected chi connectivity index (χ3v) is 17.5. The monoisotopic (exact) mass is 1190 g/mol. The van der Waals surface area contributed by atoms with Gasteiger partial charge in [0.2, 0.25) is 0 Å². The van der Waals surface area contributed by atoms with Gasteiger partial charge < -0.3 is 34.0 Å². The van der Waals surface area contributed by atoms with Crippen LogP contribution in [0.5, 0.6) is 5.75 Å². The lowest BCUT2D eigenvalue weighted by molar-refractivity contribution is -0.116. The van der Waals surface area contributed by atoms with Crippen molar-refractivity contribution in [2.24, 2.45) is 0 Å². The molecule has 0 saturated carbocycles. The van der Waals surface area contributed by atoms with E-state index >= 15 is 0 Å². The summed E-state index contributed by atoms with van der Waals surface area (Å²) in [5, 5.41) is 17.1. The Kier molecular flexibility index (Phi) is 19.8. The summed E-state index contributed by atoms with van der Waals surface area (Å²) in [6.07, 6.45) is 8.57. The molecule has 0 aliphatic carbocycles. The van der Waals surface area contributed by atoms with E-state index < -0.39 is 0 Å². The van der Waals surface area contributed by atoms with Crippen LogP contribution in [0.25, 0.3) is 73.7 Å². The molecule has 0 spiro atoms. The van der Waals surface area contributed by atoms with Crippen molar-refractivity contribution in [3.8, 4) is 26.9 Å². The molecule has 422 valence electrons. The van der Waals surface area contributed by atoms with Gasteiger partial charge in [-0.3, -0.25) is 9.59 Å². The molecule has 0 unspecified atom stereocenters. The zero-order valence-electron chi connectivity index (χ0n) is 45.1. The van der Waals surface area contributed by atoms with Crippen LogP contribution in [0.4, 0.5) is 17.1 Å². The summed E-state index contributed by atoms with van der Waals surface area (Å²) in [6, 6.07) is 45.0. The Morgan fingerprint density at radius 2 is 0.976 bits per heavy atom. The third kappa shape index (κ3) is 14.0. The molecule has 0 radical (unpaired) electrons. The minimum absolute atomic E-state index is 0. The molecule has 82 heavy (non-hydrogen) atoms. The first kappa shape index (κ1) is 59.1. The number of piperidine rings is 2. The number of nitrogens with one attached hydrogen (secondary N) is 1. The van der Waals surface area contributed by atoms with E-state index in [-0.39, 0.29) is 47.6 Å². The number of phenolic OH excluding ortho intramolecular Hbond substituents is 1. The lowest BCUT2D eigenvalue weighted by Crippen LogP contribution is -2.43. The number of piperazine rings is 1. The summed E-state index contributed by atoms with van der Waals surface area (Å²) in [5.74, 6) is 0.243. The van der Waals surface area contributed by atoms with Crippen LogP contribution >= 0.6 is 58.8 Å². The number of carbonyl (C=O) groups is 2. The highest BCUT2D eigenvalue weighted by atomic mass is 35.5. The fourth-order valence-corrected chi connectivity index (χ4v) is 13.1. The van der Waals surface area contributed by atoms with E-state index in [1.807, 2.05) is 115 Å². The number of aromatic hydroxyl groups is 1. The molecular formula is C63H61Cl2N7O7S3. The molecule has 14 rings (SSSR count). The van der Waals surface area contributed by atoms with Crippen LogP contribution in [0.1, 0.15) is 60.8 Å². The SMILES string of the molecule is CC(=O)Cc1nc2ccccc2s1.Cl.Cl.O=Cc1ccc(N2CCCCC2)cc1O.O=c1oc2cc(N3CCCCC3)ccc2cc1-c1nc2ccccc2s1.O=c1oc2cc(N3CCNCC3)ccc2cc1-c1nc2ccccc2s1. The molecule has 0 amide bonds. The van der Waals surface area contributed by atoms with Crippen molar-refractivity contribution in [1.82, 2.24) is 20.3 Å². The van der Waals surface area contributed by atoms with Crippen molar-refractivity contribution >= 4 is 141 Å². The van der Waals surface area contributed by atoms with Crippen LogP contribution in [-0.2, 0) is 11.2 Å². The number of anilines is 3. The van der Waals surface area contributed by atoms with Gasteiger partial charge in [0.05, 0.1) is 53.8 Å². The number of hydrogen-bond acceptors (Lipinski definition) is 17. The summed E-state index contributed by atoms with van der Waals surface area (Å²) in [5.41, 5.74) is 8.05. The average molecular weight is 1200 g/mol. The molecule has 3 fully saturated rings. The lowest BCUT2D eigenvalue weighted by atomic mass is 10.1. The summed E-state index contributed by atoms with van der Waals surface area (Å²) < 4.78 is 14.6. The molecule has 0 atom stereocenters. The summed E-state index contributed by atoms with van der Waals surface area (Å²) in [4.78, 5) is 67.0. The number of aromatic nitrogens is 3. The first-order chi connectivity index (χ1) is 39.1. The molecule has 0 bridgehead atoms. The molecule has 3 aliphatic rings. The third-order valence-electron chi connectivity index (χ3n) is 14.3. The Labute approximate surface area is 497 Å². The highest BCUT2D eigenvalue weighted by Crippen LogP contribution is 2.34. The minimum atomic E-state index is -0.339. The largest absolute Gasteiger partial charge is 0.507 e. The van der Waals surface area contributed by atoms with Gasteiger partial charge in [-0.15, -0.1) is 58.8 Å². The average Bonchev–Trinajstić information content (AvgIpc) is 4.27. The van der Waals surface area contributed by atoms with E-state index in [0.29, 0.717) is 50.6 Å². The standard InChI is InChI=1S/C21H18N2O2S.C20H17N3O2S.C12H15NO2.C10H9NOS.2ClH/c24-21-16(20-22-17-6-2-3-7-19(17)26-20)12-14-8-9-15(13-18(14)25-21)23-10-4-1-5-11-23;24-20-15(19-22-16-3-1-2-4-18(16)26-19)11-13-5-6-14(12-17(13)25-20)23-9-7-21-8-10-23;14-9-10-4-5-11(8-12(10)15)13-6-2-1-3-7-13;1-7(12)6-10-11-8-4-2-3-5-9(8)13-10;;/h2-3,6-9,12-13H,1,4-5,10-11H2;1-6,11-12,21H,7-10H2;4-5,8-9,15H,1-3,6-7H2;2-5H,6H2,1H3;2*1H. The van der Waals surface area contributed by atoms with E-state index in [1.165, 1.54) is 61.2 Å². The zero-order chi connectivity index (χ0) is 55.0. The number of para-hydroxylation sites is 3. The van der Waals surface area contributed by atoms with Crippen molar-refractivity contribution in [2.75, 3.05) is 67.1 Å². The van der Waals surface area contributed by atoms with E-state index in [2.05, 4.69) is 47.1 Å². The van der Waals surface area contributed by atoms with Crippen LogP contribution in [0.3, 0.4) is 0 Å². The highest BCUT2D eigenvalue weighted by molar-refractivity contribution is 7.22. The zero-order valence-corrected chi connectivity index (χ0v) is 49.2. The summed E-state index contributed by atoms with van der Waals surface area (Å²) in [6.45, 7) is 9.67. The second-order valence-electron chi connectivity index (χ2n) is 20.0. The maximum atomic E-state index is 12.6. The summed E-state index contributed by atoms with van der Waals surface area (Å²) >= 11 is 4.63. The van der Waals surface area contributed by atoms with Crippen molar-refractivity contribution in [3.05, 3.63) is 171 Å². The predicted molar refractivity (Wildman–Crippen MR) is 341 cm³/mol. The van der Waals surface area contributed by atoms with Gasteiger partial charge in [0.15, 0.2) is 6.29 Å². The fourth-order valence-electron chi connectivity index (χ4n) is 10.1. The normalized spacial score (nSPS) is 14.2. The topological polar surface area (TPSA) is 175 Å². The van der Waals surface area contributed by atoms with Gasteiger partial charge >= 0.3 is 11.3 Å². The van der Waals surface area contributed by atoms with E-state index in [1.54, 1.807) is 30.4 Å². The number of Topliss-reactive ketones (excluding diaryl/α,β-unsaturated/α-hetero) is 1. The number of rotatable bonds is 8. The second-order valence-corrected chi connectivity index (χ2v) is 23.1. The Hall–Kier alpha value is -7.51. The van der Waals surface area contributed by atoms with Crippen LogP contribution in [0.2, 0.25) is 0 Å². The van der Waals surface area contributed by atoms with Gasteiger partial charge in [0.25, 0.3) is 0 Å². The van der Waals surface area contributed by atoms with Crippen molar-refractivity contribution < 1.29 is 23.5 Å². The van der Waals surface area contributed by atoms with Crippen LogP contribution in [0, 0.1) is 0 Å². The van der Waals surface area contributed by atoms with E-state index in [4.69, 9.17) is 8.83 Å². The molecule has 3 aliphatic heterocycles. The molecule has 11 aromatic rings. The predicted octanol–water partition coefficient (Wildman–Crippen LogP) is 14.0. The number of benzene rings is 6. The molecule has 5 aromatic heterocycles. The number of hydrogen-bond donors (Lipinski definition) is 2. The Bertz CT molecular complexity index is 3840. The first-order valence-electron chi connectivity index (χ1n) is 27.1. The second kappa shape index (κ2) is 27.5. The number of nitrogens with zero attached hydrogens (tertiary/aromatic N) is 6. The van der Waals surface area contributed by atoms with Crippen molar-refractivity contribution in [2.45, 2.75) is 51.9 Å².